The molecule has 0 spiro atoms. The van der Waals surface area contributed by atoms with Gasteiger partial charge in [0.2, 0.25) is 5.91 Å². The fraction of sp³-hybridized carbons (Fsp3) is 0.881. The molecule has 0 aromatic rings. The van der Waals surface area contributed by atoms with Crippen LogP contribution in [0.4, 0.5) is 0 Å². The van der Waals surface area contributed by atoms with E-state index in [4.69, 9.17) is 0 Å². The van der Waals surface area contributed by atoms with Gasteiger partial charge in [-0.2, -0.15) is 0 Å². The van der Waals surface area contributed by atoms with Gasteiger partial charge in [-0.3, -0.25) is 4.79 Å². The van der Waals surface area contributed by atoms with E-state index in [-0.39, 0.29) is 18.9 Å². The van der Waals surface area contributed by atoms with E-state index in [0.29, 0.717) is 6.42 Å². The Labute approximate surface area is 292 Å². The molecule has 1 amide bonds. The second-order valence-corrected chi connectivity index (χ2v) is 14.2. The van der Waals surface area contributed by atoms with Gasteiger partial charge in [-0.1, -0.05) is 199 Å². The first-order valence-electron chi connectivity index (χ1n) is 20.6. The Bertz CT molecular complexity index is 694. The maximum atomic E-state index is 12.3. The van der Waals surface area contributed by atoms with Gasteiger partial charge in [0.05, 0.1) is 31.3 Å². The van der Waals surface area contributed by atoms with Gasteiger partial charge in [0.25, 0.3) is 0 Å². The average Bonchev–Trinajstić information content (AvgIpc) is 3.06. The van der Waals surface area contributed by atoms with Crippen LogP contribution in [-0.4, -0.2) is 46.1 Å². The Hall–Kier alpha value is -1.17. The lowest BCUT2D eigenvalue weighted by molar-refractivity contribution is -0.124. The fourth-order valence-corrected chi connectivity index (χ4v) is 6.30. The number of hydrogen-bond donors (Lipinski definition) is 4. The van der Waals surface area contributed by atoms with E-state index in [1.807, 2.05) is 6.08 Å². The van der Waals surface area contributed by atoms with Crippen LogP contribution in [0.1, 0.15) is 213 Å². The van der Waals surface area contributed by atoms with Crippen LogP contribution in [-0.2, 0) is 4.79 Å². The topological polar surface area (TPSA) is 89.8 Å². The van der Waals surface area contributed by atoms with Gasteiger partial charge >= 0.3 is 0 Å². The number of aliphatic hydroxyl groups excluding tert-OH is 3. The number of hydrogen-bond acceptors (Lipinski definition) is 4. The first kappa shape index (κ1) is 45.8. The number of carbonyl (C=O) groups excluding carboxylic acids is 1. The average molecular weight is 664 g/mol. The third-order valence-electron chi connectivity index (χ3n) is 9.49. The summed E-state index contributed by atoms with van der Waals surface area (Å²) in [5.41, 5.74) is 0. The monoisotopic (exact) mass is 664 g/mol. The molecular formula is C42H81NO4. The molecule has 0 radical (unpaired) electrons. The zero-order valence-corrected chi connectivity index (χ0v) is 31.4. The Morgan fingerprint density at radius 2 is 0.915 bits per heavy atom. The SMILES string of the molecule is CCCCCCCCCCCCCCCCCCCC/C=C/CC/C=C/C(O)C(CO)NC(=O)CC(O)CCCCCCCCCC. The van der Waals surface area contributed by atoms with Gasteiger partial charge in [0.1, 0.15) is 0 Å². The first-order chi connectivity index (χ1) is 23.0. The first-order valence-corrected chi connectivity index (χ1v) is 20.6. The van der Waals surface area contributed by atoms with E-state index in [0.717, 1.165) is 32.1 Å². The van der Waals surface area contributed by atoms with Crippen molar-refractivity contribution in [1.29, 1.82) is 0 Å². The van der Waals surface area contributed by atoms with Crippen molar-refractivity contribution in [3.63, 3.8) is 0 Å². The van der Waals surface area contributed by atoms with Crippen LogP contribution in [0, 0.1) is 0 Å². The Morgan fingerprint density at radius 3 is 1.36 bits per heavy atom. The minimum absolute atomic E-state index is 0.00764. The minimum Gasteiger partial charge on any atom is -0.394 e. The van der Waals surface area contributed by atoms with Crippen LogP contribution in [0.25, 0.3) is 0 Å². The summed E-state index contributed by atoms with van der Waals surface area (Å²) < 4.78 is 0. The van der Waals surface area contributed by atoms with Crippen molar-refractivity contribution in [2.45, 2.75) is 231 Å². The van der Waals surface area contributed by atoms with Crippen LogP contribution in [0.15, 0.2) is 24.3 Å². The smallest absolute Gasteiger partial charge is 0.222 e. The number of amides is 1. The standard InChI is InChI=1S/C42H81NO4/c1-3-5-7-9-11-13-14-15-16-17-18-19-20-21-22-23-24-25-26-27-28-30-32-34-36-41(46)40(38-44)43-42(47)37-39(45)35-33-31-29-12-10-8-6-4-2/h27-28,34,36,39-41,44-46H,3-26,29-33,35,37-38H2,1-2H3,(H,43,47)/b28-27+,36-34+. The molecule has 0 rings (SSSR count). The van der Waals surface area contributed by atoms with Crippen molar-refractivity contribution in [2.75, 3.05) is 6.61 Å². The number of nitrogens with one attached hydrogen (secondary N) is 1. The maximum absolute atomic E-state index is 12.3. The van der Waals surface area contributed by atoms with Gasteiger partial charge in [-0.05, 0) is 32.1 Å². The second-order valence-electron chi connectivity index (χ2n) is 14.2. The number of unbranched alkanes of at least 4 members (excludes halogenated alkanes) is 26. The van der Waals surface area contributed by atoms with Crippen LogP contribution in [0.5, 0.6) is 0 Å². The fourth-order valence-electron chi connectivity index (χ4n) is 6.30. The van der Waals surface area contributed by atoms with Gasteiger partial charge < -0.3 is 20.6 Å². The molecular weight excluding hydrogens is 582 g/mol. The van der Waals surface area contributed by atoms with Gasteiger partial charge in [-0.15, -0.1) is 0 Å². The highest BCUT2D eigenvalue weighted by Crippen LogP contribution is 2.15. The number of aliphatic hydroxyl groups is 3. The molecule has 0 aromatic carbocycles. The van der Waals surface area contributed by atoms with Gasteiger partial charge in [0, 0.05) is 0 Å². The van der Waals surface area contributed by atoms with E-state index in [2.05, 4.69) is 31.3 Å². The molecule has 0 bridgehead atoms. The largest absolute Gasteiger partial charge is 0.394 e. The second kappa shape index (κ2) is 37.6. The van der Waals surface area contributed by atoms with Crippen molar-refractivity contribution in [3.8, 4) is 0 Å². The zero-order valence-electron chi connectivity index (χ0n) is 31.4. The van der Waals surface area contributed by atoms with Crippen LogP contribution in [0.2, 0.25) is 0 Å². The lowest BCUT2D eigenvalue weighted by Gasteiger charge is -2.21. The minimum atomic E-state index is -0.947. The lowest BCUT2D eigenvalue weighted by atomic mass is 10.0. The molecule has 0 heterocycles. The molecule has 5 heteroatoms. The third kappa shape index (κ3) is 34.5. The molecule has 3 unspecified atom stereocenters. The molecule has 4 N–H and O–H groups in total. The van der Waals surface area contributed by atoms with E-state index in [1.165, 1.54) is 154 Å². The summed E-state index contributed by atoms with van der Waals surface area (Å²) in [6.45, 7) is 4.17. The Kier molecular flexibility index (Phi) is 36.7. The van der Waals surface area contributed by atoms with E-state index < -0.39 is 18.2 Å². The van der Waals surface area contributed by atoms with Gasteiger partial charge in [0.15, 0.2) is 0 Å². The predicted octanol–water partition coefficient (Wildman–Crippen LogP) is 11.4. The maximum Gasteiger partial charge on any atom is 0.222 e. The summed E-state index contributed by atoms with van der Waals surface area (Å²) in [5.74, 6) is -0.328. The summed E-state index contributed by atoms with van der Waals surface area (Å²) >= 11 is 0. The highest BCUT2D eigenvalue weighted by atomic mass is 16.3. The third-order valence-corrected chi connectivity index (χ3v) is 9.49. The Balaban J connectivity index is 3.64. The lowest BCUT2D eigenvalue weighted by Crippen LogP contribution is -2.45. The molecule has 5 nitrogen and oxygen atoms in total. The van der Waals surface area contributed by atoms with E-state index in [9.17, 15) is 20.1 Å². The van der Waals surface area contributed by atoms with E-state index in [1.54, 1.807) is 6.08 Å². The summed E-state index contributed by atoms with van der Waals surface area (Å²) in [5, 5.41) is 33.0. The van der Waals surface area contributed by atoms with E-state index >= 15 is 0 Å². The summed E-state index contributed by atoms with van der Waals surface area (Å²) in [7, 11) is 0. The summed E-state index contributed by atoms with van der Waals surface area (Å²) in [6, 6.07) is -0.755. The molecule has 47 heavy (non-hydrogen) atoms. The number of carbonyl (C=O) groups is 1. The molecule has 0 saturated carbocycles. The Morgan fingerprint density at radius 1 is 0.532 bits per heavy atom. The van der Waals surface area contributed by atoms with Crippen LogP contribution >= 0.6 is 0 Å². The van der Waals surface area contributed by atoms with Crippen LogP contribution < -0.4 is 5.32 Å². The summed E-state index contributed by atoms with van der Waals surface area (Å²) in [4.78, 5) is 12.3. The predicted molar refractivity (Wildman–Crippen MR) is 204 cm³/mol. The number of allylic oxidation sites excluding steroid dienone is 3. The molecule has 0 fully saturated rings. The zero-order chi connectivity index (χ0) is 34.5. The van der Waals surface area contributed by atoms with Crippen molar-refractivity contribution in [1.82, 2.24) is 5.32 Å². The summed E-state index contributed by atoms with van der Waals surface area (Å²) in [6.07, 6.45) is 44.8. The molecule has 0 aliphatic heterocycles. The van der Waals surface area contributed by atoms with Crippen molar-refractivity contribution < 1.29 is 20.1 Å². The van der Waals surface area contributed by atoms with Crippen molar-refractivity contribution in [3.05, 3.63) is 24.3 Å². The molecule has 0 aliphatic rings. The van der Waals surface area contributed by atoms with Crippen molar-refractivity contribution in [2.24, 2.45) is 0 Å². The molecule has 0 saturated heterocycles. The normalized spacial score (nSPS) is 13.9. The van der Waals surface area contributed by atoms with Crippen LogP contribution in [0.3, 0.4) is 0 Å². The molecule has 0 aromatic heterocycles. The number of rotatable bonds is 37. The molecule has 0 aliphatic carbocycles. The quantitative estimate of drug-likeness (QED) is 0.0393. The molecule has 3 atom stereocenters. The highest BCUT2D eigenvalue weighted by Gasteiger charge is 2.20. The van der Waals surface area contributed by atoms with Crippen molar-refractivity contribution >= 4 is 5.91 Å². The van der Waals surface area contributed by atoms with Gasteiger partial charge in [-0.25, -0.2) is 0 Å². The molecule has 278 valence electrons. The highest BCUT2D eigenvalue weighted by molar-refractivity contribution is 5.76.